The van der Waals surface area contributed by atoms with E-state index in [2.05, 4.69) is 25.7 Å². The van der Waals surface area contributed by atoms with Crippen LogP contribution in [-0.2, 0) is 0 Å². The Morgan fingerprint density at radius 2 is 2.00 bits per heavy atom. The first-order valence-corrected chi connectivity index (χ1v) is 7.25. The molecule has 0 radical (unpaired) electrons. The summed E-state index contributed by atoms with van der Waals surface area (Å²) >= 11 is 0. The second kappa shape index (κ2) is 8.64. The summed E-state index contributed by atoms with van der Waals surface area (Å²) < 4.78 is 11.1. The van der Waals surface area contributed by atoms with Crippen LogP contribution in [0.15, 0.2) is 36.9 Å². The van der Waals surface area contributed by atoms with Crippen LogP contribution in [0, 0.1) is 5.41 Å². The van der Waals surface area contributed by atoms with E-state index < -0.39 is 0 Å². The zero-order chi connectivity index (χ0) is 14.8. The van der Waals surface area contributed by atoms with Gasteiger partial charge < -0.3 is 14.8 Å². The zero-order valence-corrected chi connectivity index (χ0v) is 12.9. The molecule has 0 saturated carbocycles. The Labute approximate surface area is 123 Å². The van der Waals surface area contributed by atoms with Gasteiger partial charge in [0.25, 0.3) is 0 Å². The first-order chi connectivity index (χ1) is 9.65. The van der Waals surface area contributed by atoms with Crippen molar-refractivity contribution in [1.82, 2.24) is 5.32 Å². The maximum Gasteiger partial charge on any atom is 0.161 e. The molecule has 3 heteroatoms. The number of methoxy groups -OCH3 is 1. The van der Waals surface area contributed by atoms with E-state index in [0.29, 0.717) is 6.61 Å². The lowest BCUT2D eigenvalue weighted by Crippen LogP contribution is -2.32. The molecule has 0 aliphatic carbocycles. The van der Waals surface area contributed by atoms with Gasteiger partial charge in [-0.15, -0.1) is 6.58 Å². The molecule has 3 nitrogen and oxygen atoms in total. The molecule has 0 spiro atoms. The Hall–Kier alpha value is -1.48. The molecule has 0 saturated heterocycles. The molecular formula is C17H27NO2. The lowest BCUT2D eigenvalue weighted by Gasteiger charge is -2.26. The van der Waals surface area contributed by atoms with E-state index in [0.717, 1.165) is 37.4 Å². The van der Waals surface area contributed by atoms with Crippen LogP contribution in [0.1, 0.15) is 26.7 Å². The van der Waals surface area contributed by atoms with Crippen molar-refractivity contribution in [2.75, 3.05) is 26.8 Å². The van der Waals surface area contributed by atoms with Crippen molar-refractivity contribution in [3.8, 4) is 11.5 Å². The third kappa shape index (κ3) is 5.25. The van der Waals surface area contributed by atoms with Gasteiger partial charge in [-0.3, -0.25) is 0 Å². The summed E-state index contributed by atoms with van der Waals surface area (Å²) in [5.74, 6) is 1.57. The number of rotatable bonds is 10. The van der Waals surface area contributed by atoms with Crippen LogP contribution in [0.4, 0.5) is 0 Å². The van der Waals surface area contributed by atoms with Crippen LogP contribution in [0.25, 0.3) is 0 Å². The van der Waals surface area contributed by atoms with Crippen molar-refractivity contribution >= 4 is 0 Å². The fraction of sp³-hybridized carbons (Fsp3) is 0.529. The lowest BCUT2D eigenvalue weighted by molar-refractivity contribution is 0.236. The van der Waals surface area contributed by atoms with E-state index in [9.17, 15) is 0 Å². The highest BCUT2D eigenvalue weighted by Gasteiger charge is 2.19. The topological polar surface area (TPSA) is 30.5 Å². The highest BCUT2D eigenvalue weighted by atomic mass is 16.5. The minimum Gasteiger partial charge on any atom is -0.493 e. The predicted molar refractivity (Wildman–Crippen MR) is 84.6 cm³/mol. The van der Waals surface area contributed by atoms with E-state index >= 15 is 0 Å². The van der Waals surface area contributed by atoms with Crippen LogP contribution >= 0.6 is 0 Å². The first kappa shape index (κ1) is 16.6. The molecule has 0 aliphatic heterocycles. The molecule has 0 fully saturated rings. The average Bonchev–Trinajstić information content (AvgIpc) is 2.48. The highest BCUT2D eigenvalue weighted by Crippen LogP contribution is 2.28. The molecule has 1 aromatic rings. The Kier molecular flexibility index (Phi) is 7.16. The van der Waals surface area contributed by atoms with E-state index in [1.165, 1.54) is 0 Å². The molecule has 1 unspecified atom stereocenters. The van der Waals surface area contributed by atoms with Crippen molar-refractivity contribution in [2.45, 2.75) is 26.7 Å². The van der Waals surface area contributed by atoms with Crippen LogP contribution in [0.3, 0.4) is 0 Å². The number of para-hydroxylation sites is 2. The molecule has 1 aromatic carbocycles. The number of benzene rings is 1. The van der Waals surface area contributed by atoms with Crippen molar-refractivity contribution in [1.29, 1.82) is 0 Å². The molecule has 0 amide bonds. The fourth-order valence-electron chi connectivity index (χ4n) is 1.95. The van der Waals surface area contributed by atoms with E-state index in [4.69, 9.17) is 9.47 Å². The van der Waals surface area contributed by atoms with Crippen LogP contribution in [0.5, 0.6) is 11.5 Å². The van der Waals surface area contributed by atoms with Crippen molar-refractivity contribution in [3.63, 3.8) is 0 Å². The molecule has 0 heterocycles. The van der Waals surface area contributed by atoms with E-state index in [-0.39, 0.29) is 5.41 Å². The van der Waals surface area contributed by atoms with E-state index in [1.54, 1.807) is 7.11 Å². The second-order valence-electron chi connectivity index (χ2n) is 5.28. The standard InChI is InChI=1S/C17H27NO2/c1-5-12-18-14-17(3,6-2)11-13-20-16-10-8-7-9-15(16)19-4/h6-10,18H,2,5,11-14H2,1,3-4H3. The van der Waals surface area contributed by atoms with Gasteiger partial charge in [-0.1, -0.05) is 32.1 Å². The highest BCUT2D eigenvalue weighted by molar-refractivity contribution is 5.39. The van der Waals surface area contributed by atoms with Gasteiger partial charge in [-0.05, 0) is 31.5 Å². The largest absolute Gasteiger partial charge is 0.493 e. The summed E-state index contributed by atoms with van der Waals surface area (Å²) in [4.78, 5) is 0. The van der Waals surface area contributed by atoms with Crippen LogP contribution in [0.2, 0.25) is 0 Å². The van der Waals surface area contributed by atoms with Gasteiger partial charge in [-0.2, -0.15) is 0 Å². The van der Waals surface area contributed by atoms with Crippen LogP contribution in [-0.4, -0.2) is 26.8 Å². The average molecular weight is 277 g/mol. The Bertz CT molecular complexity index is 406. The molecular weight excluding hydrogens is 250 g/mol. The Morgan fingerprint density at radius 1 is 1.30 bits per heavy atom. The molecule has 0 aromatic heterocycles. The number of nitrogens with one attached hydrogen (secondary N) is 1. The molecule has 20 heavy (non-hydrogen) atoms. The zero-order valence-electron chi connectivity index (χ0n) is 12.9. The molecule has 1 N–H and O–H groups in total. The van der Waals surface area contributed by atoms with E-state index in [1.807, 2.05) is 30.3 Å². The summed E-state index contributed by atoms with van der Waals surface area (Å²) in [5.41, 5.74) is 0.0528. The van der Waals surface area contributed by atoms with Crippen molar-refractivity contribution in [2.24, 2.45) is 5.41 Å². The summed E-state index contributed by atoms with van der Waals surface area (Å²) in [6.07, 6.45) is 4.08. The van der Waals surface area contributed by atoms with Gasteiger partial charge in [0.1, 0.15) is 0 Å². The molecule has 0 bridgehead atoms. The van der Waals surface area contributed by atoms with Crippen LogP contribution < -0.4 is 14.8 Å². The van der Waals surface area contributed by atoms with Gasteiger partial charge in [0.05, 0.1) is 13.7 Å². The van der Waals surface area contributed by atoms with Gasteiger partial charge in [0, 0.05) is 12.0 Å². The SMILES string of the molecule is C=CC(C)(CCOc1ccccc1OC)CNCCC. The Balaban J connectivity index is 2.46. The number of hydrogen-bond acceptors (Lipinski definition) is 3. The first-order valence-electron chi connectivity index (χ1n) is 7.25. The number of hydrogen-bond donors (Lipinski definition) is 1. The van der Waals surface area contributed by atoms with Gasteiger partial charge >= 0.3 is 0 Å². The predicted octanol–water partition coefficient (Wildman–Crippen LogP) is 3.66. The minimum atomic E-state index is 0.0528. The summed E-state index contributed by atoms with van der Waals surface area (Å²) in [5, 5.41) is 3.45. The molecule has 0 aliphatic rings. The fourth-order valence-corrected chi connectivity index (χ4v) is 1.95. The Morgan fingerprint density at radius 3 is 2.60 bits per heavy atom. The van der Waals surface area contributed by atoms with Gasteiger partial charge in [0.15, 0.2) is 11.5 Å². The maximum absolute atomic E-state index is 5.83. The maximum atomic E-state index is 5.83. The van der Waals surface area contributed by atoms with Gasteiger partial charge in [0.2, 0.25) is 0 Å². The smallest absolute Gasteiger partial charge is 0.161 e. The summed E-state index contributed by atoms with van der Waals surface area (Å²) in [6, 6.07) is 7.73. The number of ether oxygens (including phenoxy) is 2. The monoisotopic (exact) mass is 277 g/mol. The normalized spacial score (nSPS) is 13.6. The summed E-state index contributed by atoms with van der Waals surface area (Å²) in [7, 11) is 1.66. The molecule has 1 atom stereocenters. The van der Waals surface area contributed by atoms with Gasteiger partial charge in [-0.25, -0.2) is 0 Å². The quantitative estimate of drug-likeness (QED) is 0.523. The third-order valence-corrected chi connectivity index (χ3v) is 3.45. The summed E-state index contributed by atoms with van der Waals surface area (Å²) in [6.45, 7) is 10.9. The molecule has 1 rings (SSSR count). The van der Waals surface area contributed by atoms with Crippen molar-refractivity contribution in [3.05, 3.63) is 36.9 Å². The third-order valence-electron chi connectivity index (χ3n) is 3.45. The minimum absolute atomic E-state index is 0.0528. The second-order valence-corrected chi connectivity index (χ2v) is 5.28. The molecule has 112 valence electrons. The lowest BCUT2D eigenvalue weighted by atomic mass is 9.87. The van der Waals surface area contributed by atoms with Crippen molar-refractivity contribution < 1.29 is 9.47 Å².